The number of benzene rings is 1. The van der Waals surface area contributed by atoms with Crippen LogP contribution in [0.15, 0.2) is 72.5 Å². The van der Waals surface area contributed by atoms with E-state index >= 15 is 0 Å². The summed E-state index contributed by atoms with van der Waals surface area (Å²) in [5, 5.41) is 11.2. The summed E-state index contributed by atoms with van der Waals surface area (Å²) >= 11 is 1.42. The largest absolute Gasteiger partial charge is 0.379 e. The van der Waals surface area contributed by atoms with Crippen LogP contribution in [-0.2, 0) is 11.3 Å². The molecule has 0 bridgehead atoms. The highest BCUT2D eigenvalue weighted by atomic mass is 32.1. The fraction of sp³-hybridized carbons (Fsp3) is 0.231. The summed E-state index contributed by atoms with van der Waals surface area (Å²) in [5.41, 5.74) is 4.86. The van der Waals surface area contributed by atoms with Gasteiger partial charge >= 0.3 is 0 Å². The summed E-state index contributed by atoms with van der Waals surface area (Å²) in [6, 6.07) is 15.9. The molecule has 0 N–H and O–H groups in total. The van der Waals surface area contributed by atoms with Gasteiger partial charge in [-0.15, -0.1) is 11.3 Å². The number of ketones is 1. The third kappa shape index (κ3) is 4.41. The second-order valence-corrected chi connectivity index (χ2v) is 9.38. The molecule has 1 fully saturated rings. The maximum Gasteiger partial charge on any atom is 0.208 e. The lowest BCUT2D eigenvalue weighted by molar-refractivity contribution is 0.0360. The van der Waals surface area contributed by atoms with Crippen LogP contribution >= 0.6 is 11.3 Å². The smallest absolute Gasteiger partial charge is 0.208 e. The number of aromatic nitrogens is 5. The van der Waals surface area contributed by atoms with Crippen LogP contribution in [-0.4, -0.2) is 67.9 Å². The molecule has 5 heterocycles. The first kappa shape index (κ1) is 21.8. The van der Waals surface area contributed by atoms with Crippen LogP contribution in [0.5, 0.6) is 0 Å². The summed E-state index contributed by atoms with van der Waals surface area (Å²) in [4.78, 5) is 20.5. The van der Waals surface area contributed by atoms with Crippen LogP contribution in [0.4, 0.5) is 0 Å². The molecule has 8 nitrogen and oxygen atoms in total. The summed E-state index contributed by atoms with van der Waals surface area (Å²) in [6.07, 6.45) is 5.36. The number of hydrogen-bond donors (Lipinski definition) is 0. The van der Waals surface area contributed by atoms with Crippen molar-refractivity contribution in [3.8, 4) is 22.5 Å². The molecule has 35 heavy (non-hydrogen) atoms. The van der Waals surface area contributed by atoms with E-state index in [-0.39, 0.29) is 5.78 Å². The molecule has 5 aromatic rings. The van der Waals surface area contributed by atoms with Gasteiger partial charge in [-0.1, -0.05) is 24.3 Å². The van der Waals surface area contributed by atoms with Gasteiger partial charge in [-0.05, 0) is 29.6 Å². The monoisotopic (exact) mass is 484 g/mol. The van der Waals surface area contributed by atoms with E-state index in [1.165, 1.54) is 11.3 Å². The molecule has 0 radical (unpaired) electrons. The van der Waals surface area contributed by atoms with Crippen molar-refractivity contribution in [1.82, 2.24) is 29.3 Å². The van der Waals surface area contributed by atoms with Crippen LogP contribution in [0.25, 0.3) is 28.2 Å². The molecule has 0 unspecified atom stereocenters. The van der Waals surface area contributed by atoms with E-state index in [1.54, 1.807) is 16.9 Å². The van der Waals surface area contributed by atoms with E-state index in [1.807, 2.05) is 52.7 Å². The Morgan fingerprint density at radius 2 is 1.91 bits per heavy atom. The number of thiophene rings is 1. The zero-order chi connectivity index (χ0) is 23.6. The van der Waals surface area contributed by atoms with Gasteiger partial charge in [0, 0.05) is 43.2 Å². The van der Waals surface area contributed by atoms with Gasteiger partial charge in [0.2, 0.25) is 5.78 Å². The van der Waals surface area contributed by atoms with Gasteiger partial charge < -0.3 is 4.74 Å². The molecular weight excluding hydrogens is 460 g/mol. The van der Waals surface area contributed by atoms with Crippen LogP contribution in [0.1, 0.15) is 15.2 Å². The van der Waals surface area contributed by atoms with Crippen molar-refractivity contribution in [1.29, 1.82) is 0 Å². The number of carbonyl (C=O) groups is 1. The highest BCUT2D eigenvalue weighted by molar-refractivity contribution is 7.12. The average Bonchev–Trinajstić information content (AvgIpc) is 3.69. The van der Waals surface area contributed by atoms with Crippen LogP contribution in [0.3, 0.4) is 0 Å². The summed E-state index contributed by atoms with van der Waals surface area (Å²) in [5.74, 6) is -0.0592. The van der Waals surface area contributed by atoms with Crippen molar-refractivity contribution in [2.45, 2.75) is 6.54 Å². The Kier molecular flexibility index (Phi) is 5.95. The van der Waals surface area contributed by atoms with Crippen LogP contribution in [0.2, 0.25) is 0 Å². The molecule has 0 saturated carbocycles. The molecule has 9 heteroatoms. The van der Waals surface area contributed by atoms with Crippen molar-refractivity contribution < 1.29 is 9.53 Å². The Morgan fingerprint density at radius 3 is 2.77 bits per heavy atom. The molecule has 1 aromatic carbocycles. The third-order valence-electron chi connectivity index (χ3n) is 6.23. The SMILES string of the molecule is O=C(c1cccs1)c1cnn2c(-c3cccc(-c4ccn(CCN5CCOCC5)n4)c3)ccnc12. The van der Waals surface area contributed by atoms with Crippen molar-refractivity contribution in [3.05, 3.63) is 82.9 Å². The first-order chi connectivity index (χ1) is 17.3. The Hall–Kier alpha value is -3.66. The quantitative estimate of drug-likeness (QED) is 0.326. The van der Waals surface area contributed by atoms with E-state index in [0.29, 0.717) is 16.1 Å². The molecule has 1 saturated heterocycles. The number of hydrogen-bond acceptors (Lipinski definition) is 7. The maximum atomic E-state index is 12.9. The second-order valence-electron chi connectivity index (χ2n) is 8.43. The minimum Gasteiger partial charge on any atom is -0.379 e. The predicted molar refractivity (Wildman–Crippen MR) is 135 cm³/mol. The number of fused-ring (bicyclic) bond motifs is 1. The number of rotatable bonds is 7. The van der Waals surface area contributed by atoms with E-state index in [0.717, 1.165) is 61.9 Å². The Labute approximate surface area is 206 Å². The number of ether oxygens (including phenoxy) is 1. The predicted octanol–water partition coefficient (Wildman–Crippen LogP) is 3.88. The van der Waals surface area contributed by atoms with Crippen molar-refractivity contribution in [2.24, 2.45) is 0 Å². The molecule has 4 aromatic heterocycles. The molecule has 0 aliphatic carbocycles. The molecule has 0 spiro atoms. The third-order valence-corrected chi connectivity index (χ3v) is 7.10. The summed E-state index contributed by atoms with van der Waals surface area (Å²) < 4.78 is 9.16. The molecule has 0 atom stereocenters. The normalized spacial score (nSPS) is 14.5. The van der Waals surface area contributed by atoms with E-state index in [2.05, 4.69) is 27.1 Å². The Morgan fingerprint density at radius 1 is 1.03 bits per heavy atom. The average molecular weight is 485 g/mol. The van der Waals surface area contributed by atoms with E-state index in [4.69, 9.17) is 9.84 Å². The Balaban J connectivity index is 1.26. The zero-order valence-corrected chi connectivity index (χ0v) is 19.9. The molecular formula is C26H24N6O2S. The van der Waals surface area contributed by atoms with Crippen LogP contribution in [0, 0.1) is 0 Å². The molecule has 6 rings (SSSR count). The Bertz CT molecular complexity index is 1470. The van der Waals surface area contributed by atoms with Gasteiger partial charge in [0.15, 0.2) is 5.65 Å². The van der Waals surface area contributed by atoms with Crippen LogP contribution < -0.4 is 0 Å². The topological polar surface area (TPSA) is 77.6 Å². The molecule has 0 amide bonds. The van der Waals surface area contributed by atoms with Gasteiger partial charge in [0.25, 0.3) is 0 Å². The molecule has 1 aliphatic heterocycles. The van der Waals surface area contributed by atoms with E-state index < -0.39 is 0 Å². The zero-order valence-electron chi connectivity index (χ0n) is 19.1. The maximum absolute atomic E-state index is 12.9. The minimum absolute atomic E-state index is 0.0592. The molecule has 176 valence electrons. The lowest BCUT2D eigenvalue weighted by Gasteiger charge is -2.26. The van der Waals surface area contributed by atoms with Gasteiger partial charge in [-0.2, -0.15) is 10.2 Å². The lowest BCUT2D eigenvalue weighted by atomic mass is 10.1. The number of nitrogens with zero attached hydrogens (tertiary/aromatic N) is 6. The van der Waals surface area contributed by atoms with Crippen molar-refractivity contribution in [2.75, 3.05) is 32.8 Å². The minimum atomic E-state index is -0.0592. The first-order valence-electron chi connectivity index (χ1n) is 11.6. The number of morpholine rings is 1. The standard InChI is InChI=1S/C26H24N6O2S/c33-25(24-5-2-16-35-24)21-18-28-32-23(6-8-27-26(21)32)20-4-1-3-19(17-20)22-7-9-31(29-22)11-10-30-12-14-34-15-13-30/h1-9,16-18H,10-15H2. The summed E-state index contributed by atoms with van der Waals surface area (Å²) in [7, 11) is 0. The van der Waals surface area contributed by atoms with E-state index in [9.17, 15) is 4.79 Å². The van der Waals surface area contributed by atoms with Gasteiger partial charge in [0.05, 0.1) is 47.8 Å². The number of carbonyl (C=O) groups excluding carboxylic acids is 1. The summed E-state index contributed by atoms with van der Waals surface area (Å²) in [6.45, 7) is 5.37. The fourth-order valence-corrected chi connectivity index (χ4v) is 5.04. The second kappa shape index (κ2) is 9.53. The lowest BCUT2D eigenvalue weighted by Crippen LogP contribution is -2.38. The van der Waals surface area contributed by atoms with Gasteiger partial charge in [0.1, 0.15) is 0 Å². The van der Waals surface area contributed by atoms with Gasteiger partial charge in [-0.25, -0.2) is 9.50 Å². The highest BCUT2D eigenvalue weighted by Crippen LogP contribution is 2.27. The molecule has 1 aliphatic rings. The highest BCUT2D eigenvalue weighted by Gasteiger charge is 2.19. The van der Waals surface area contributed by atoms with Crippen molar-refractivity contribution >= 4 is 22.8 Å². The first-order valence-corrected chi connectivity index (χ1v) is 12.5. The van der Waals surface area contributed by atoms with Crippen molar-refractivity contribution in [3.63, 3.8) is 0 Å². The fourth-order valence-electron chi connectivity index (χ4n) is 4.36. The van der Waals surface area contributed by atoms with Gasteiger partial charge in [-0.3, -0.25) is 14.4 Å².